The van der Waals surface area contributed by atoms with Crippen LogP contribution in [-0.2, 0) is 19.4 Å². The van der Waals surface area contributed by atoms with E-state index in [1.165, 1.54) is 6.07 Å². The van der Waals surface area contributed by atoms with E-state index in [1.54, 1.807) is 12.1 Å². The van der Waals surface area contributed by atoms with E-state index in [0.29, 0.717) is 18.4 Å². The normalized spacial score (nSPS) is 18.7. The lowest BCUT2D eigenvalue weighted by atomic mass is 10.1. The average Bonchev–Trinajstić information content (AvgIpc) is 2.73. The molecule has 2 heterocycles. The van der Waals surface area contributed by atoms with Crippen LogP contribution in [0.2, 0.25) is 0 Å². The number of aromatic nitrogens is 2. The summed E-state index contributed by atoms with van der Waals surface area (Å²) < 4.78 is 15.6. The maximum Gasteiger partial charge on any atom is 0.126 e. The Hall–Kier alpha value is -1.68. The summed E-state index contributed by atoms with van der Waals surface area (Å²) in [5, 5.41) is 9.59. The van der Waals surface area contributed by atoms with Crippen LogP contribution in [0.15, 0.2) is 30.5 Å². The maximum absolute atomic E-state index is 13.5. The predicted molar refractivity (Wildman–Crippen MR) is 65.8 cm³/mol. The van der Waals surface area contributed by atoms with Gasteiger partial charge in [-0.2, -0.15) is 0 Å². The first-order valence-electron chi connectivity index (χ1n) is 6.19. The van der Waals surface area contributed by atoms with Gasteiger partial charge in [0.15, 0.2) is 0 Å². The lowest BCUT2D eigenvalue weighted by Gasteiger charge is -2.18. The van der Waals surface area contributed by atoms with E-state index in [4.69, 9.17) is 0 Å². The highest BCUT2D eigenvalue weighted by Crippen LogP contribution is 2.18. The van der Waals surface area contributed by atoms with Gasteiger partial charge in [0.2, 0.25) is 0 Å². The molecule has 0 fully saturated rings. The molecular formula is C14H15FN2O. The molecule has 1 aliphatic heterocycles. The van der Waals surface area contributed by atoms with Gasteiger partial charge in [-0.1, -0.05) is 18.2 Å². The van der Waals surface area contributed by atoms with Gasteiger partial charge in [0.1, 0.15) is 11.6 Å². The molecule has 1 unspecified atom stereocenters. The van der Waals surface area contributed by atoms with Crippen molar-refractivity contribution in [3.05, 3.63) is 53.4 Å². The monoisotopic (exact) mass is 246 g/mol. The molecule has 3 rings (SSSR count). The summed E-state index contributed by atoms with van der Waals surface area (Å²) in [7, 11) is 0. The quantitative estimate of drug-likeness (QED) is 0.879. The van der Waals surface area contributed by atoms with E-state index in [9.17, 15) is 9.50 Å². The molecule has 2 aromatic rings. The minimum atomic E-state index is -0.291. The van der Waals surface area contributed by atoms with Crippen molar-refractivity contribution in [3.8, 4) is 0 Å². The third-order valence-corrected chi connectivity index (χ3v) is 3.36. The molecule has 0 spiro atoms. The number of benzene rings is 1. The van der Waals surface area contributed by atoms with E-state index in [1.807, 2.05) is 12.3 Å². The molecule has 0 aliphatic carbocycles. The van der Waals surface area contributed by atoms with Crippen LogP contribution in [-0.4, -0.2) is 20.8 Å². The highest BCUT2D eigenvalue weighted by Gasteiger charge is 2.18. The SMILES string of the molecule is OC1CCn2cc(Cc3ccccc3F)nc2C1. The minimum absolute atomic E-state index is 0.191. The first-order valence-corrected chi connectivity index (χ1v) is 6.19. The molecule has 18 heavy (non-hydrogen) atoms. The van der Waals surface area contributed by atoms with E-state index in [0.717, 1.165) is 24.5 Å². The van der Waals surface area contributed by atoms with Crippen molar-refractivity contribution in [2.45, 2.75) is 31.9 Å². The fourth-order valence-electron chi connectivity index (χ4n) is 2.39. The molecule has 1 N–H and O–H groups in total. The number of hydrogen-bond donors (Lipinski definition) is 1. The summed E-state index contributed by atoms with van der Waals surface area (Å²) in [6.45, 7) is 0.792. The Labute approximate surface area is 105 Å². The fraction of sp³-hybridized carbons (Fsp3) is 0.357. The Morgan fingerprint density at radius 3 is 3.06 bits per heavy atom. The van der Waals surface area contributed by atoms with Crippen molar-refractivity contribution in [1.82, 2.24) is 9.55 Å². The molecule has 3 nitrogen and oxygen atoms in total. The summed E-state index contributed by atoms with van der Waals surface area (Å²) in [5.41, 5.74) is 1.53. The fourth-order valence-corrected chi connectivity index (χ4v) is 2.39. The van der Waals surface area contributed by atoms with Gasteiger partial charge in [0, 0.05) is 25.6 Å². The van der Waals surface area contributed by atoms with Crippen molar-refractivity contribution >= 4 is 0 Å². The predicted octanol–water partition coefficient (Wildman–Crippen LogP) is 1.92. The Bertz CT molecular complexity index is 565. The van der Waals surface area contributed by atoms with Crippen LogP contribution in [0.3, 0.4) is 0 Å². The summed E-state index contributed by atoms with van der Waals surface area (Å²) >= 11 is 0. The summed E-state index contributed by atoms with van der Waals surface area (Å²) in [6.07, 6.45) is 3.54. The Kier molecular flexibility index (Phi) is 2.88. The molecule has 0 saturated carbocycles. The zero-order valence-electron chi connectivity index (χ0n) is 10.0. The van der Waals surface area contributed by atoms with Gasteiger partial charge in [0.25, 0.3) is 0 Å². The van der Waals surface area contributed by atoms with E-state index in [2.05, 4.69) is 9.55 Å². The zero-order chi connectivity index (χ0) is 12.5. The molecule has 0 radical (unpaired) electrons. The van der Waals surface area contributed by atoms with Crippen molar-refractivity contribution < 1.29 is 9.50 Å². The van der Waals surface area contributed by atoms with Crippen LogP contribution in [0.25, 0.3) is 0 Å². The lowest BCUT2D eigenvalue weighted by molar-refractivity contribution is 0.141. The van der Waals surface area contributed by atoms with Gasteiger partial charge >= 0.3 is 0 Å². The van der Waals surface area contributed by atoms with Gasteiger partial charge in [-0.15, -0.1) is 0 Å². The number of hydrogen-bond acceptors (Lipinski definition) is 2. The lowest BCUT2D eigenvalue weighted by Crippen LogP contribution is -2.22. The van der Waals surface area contributed by atoms with Crippen LogP contribution >= 0.6 is 0 Å². The van der Waals surface area contributed by atoms with E-state index >= 15 is 0 Å². The summed E-state index contributed by atoms with van der Waals surface area (Å²) in [6, 6.07) is 6.77. The van der Waals surface area contributed by atoms with Crippen molar-refractivity contribution in [3.63, 3.8) is 0 Å². The number of aliphatic hydroxyl groups excluding tert-OH is 1. The van der Waals surface area contributed by atoms with Crippen LogP contribution in [0.5, 0.6) is 0 Å². The number of aryl methyl sites for hydroxylation is 1. The number of aliphatic hydroxyl groups is 1. The summed E-state index contributed by atoms with van der Waals surface area (Å²) in [5.74, 6) is 0.712. The number of fused-ring (bicyclic) bond motifs is 1. The second-order valence-electron chi connectivity index (χ2n) is 4.76. The van der Waals surface area contributed by atoms with Gasteiger partial charge in [0.05, 0.1) is 11.8 Å². The van der Waals surface area contributed by atoms with Crippen molar-refractivity contribution in [2.24, 2.45) is 0 Å². The molecule has 0 amide bonds. The first kappa shape index (κ1) is 11.4. The van der Waals surface area contributed by atoms with E-state index in [-0.39, 0.29) is 11.9 Å². The molecule has 1 aromatic carbocycles. The standard InChI is InChI=1S/C14H15FN2O/c15-13-4-2-1-3-10(13)7-11-9-17-6-5-12(18)8-14(17)16-11/h1-4,9,12,18H,5-8H2. The molecule has 1 aromatic heterocycles. The third kappa shape index (κ3) is 2.16. The van der Waals surface area contributed by atoms with Crippen LogP contribution < -0.4 is 0 Å². The summed E-state index contributed by atoms with van der Waals surface area (Å²) in [4.78, 5) is 4.47. The molecule has 0 saturated heterocycles. The van der Waals surface area contributed by atoms with Gasteiger partial charge in [-0.3, -0.25) is 0 Å². The Balaban J connectivity index is 1.84. The molecule has 1 atom stereocenters. The van der Waals surface area contributed by atoms with Crippen molar-refractivity contribution in [2.75, 3.05) is 0 Å². The Morgan fingerprint density at radius 2 is 2.22 bits per heavy atom. The number of rotatable bonds is 2. The third-order valence-electron chi connectivity index (χ3n) is 3.36. The Morgan fingerprint density at radius 1 is 1.39 bits per heavy atom. The van der Waals surface area contributed by atoms with Gasteiger partial charge < -0.3 is 9.67 Å². The molecule has 1 aliphatic rings. The van der Waals surface area contributed by atoms with Crippen LogP contribution in [0.4, 0.5) is 4.39 Å². The topological polar surface area (TPSA) is 38.0 Å². The molecule has 4 heteroatoms. The molecule has 94 valence electrons. The largest absolute Gasteiger partial charge is 0.393 e. The molecular weight excluding hydrogens is 231 g/mol. The zero-order valence-corrected chi connectivity index (χ0v) is 10.0. The number of halogens is 1. The number of nitrogens with zero attached hydrogens (tertiary/aromatic N) is 2. The number of imidazole rings is 1. The highest BCUT2D eigenvalue weighted by atomic mass is 19.1. The maximum atomic E-state index is 13.5. The average molecular weight is 246 g/mol. The van der Waals surface area contributed by atoms with E-state index < -0.39 is 0 Å². The van der Waals surface area contributed by atoms with Crippen molar-refractivity contribution in [1.29, 1.82) is 0 Å². The molecule has 0 bridgehead atoms. The second kappa shape index (κ2) is 4.53. The van der Waals surface area contributed by atoms with Gasteiger partial charge in [-0.25, -0.2) is 9.37 Å². The van der Waals surface area contributed by atoms with Gasteiger partial charge in [-0.05, 0) is 18.1 Å². The minimum Gasteiger partial charge on any atom is -0.393 e. The first-order chi connectivity index (χ1) is 8.72. The highest BCUT2D eigenvalue weighted by molar-refractivity contribution is 5.23. The van der Waals surface area contributed by atoms with Crippen LogP contribution in [0, 0.1) is 5.82 Å². The smallest absolute Gasteiger partial charge is 0.126 e. The van der Waals surface area contributed by atoms with Crippen LogP contribution in [0.1, 0.15) is 23.5 Å². The second-order valence-corrected chi connectivity index (χ2v) is 4.76.